The van der Waals surface area contributed by atoms with E-state index in [2.05, 4.69) is 5.32 Å². The van der Waals surface area contributed by atoms with Gasteiger partial charge in [-0.05, 0) is 31.4 Å². The molecule has 1 aliphatic carbocycles. The lowest BCUT2D eigenvalue weighted by Crippen LogP contribution is -2.47. The lowest BCUT2D eigenvalue weighted by Gasteiger charge is -2.37. The topological polar surface area (TPSA) is 82.8 Å². The molecule has 1 saturated carbocycles. The van der Waals surface area contributed by atoms with Gasteiger partial charge in [-0.3, -0.25) is 19.8 Å². The van der Waals surface area contributed by atoms with Crippen LogP contribution >= 0.6 is 0 Å². The summed E-state index contributed by atoms with van der Waals surface area (Å²) in [5, 5.41) is 11.2. The highest BCUT2D eigenvalue weighted by atomic mass is 16.3. The Morgan fingerprint density at radius 2 is 2.25 bits per heavy atom. The first-order chi connectivity index (χ1) is 9.70. The van der Waals surface area contributed by atoms with Crippen LogP contribution in [0.25, 0.3) is 0 Å². The van der Waals surface area contributed by atoms with Crippen molar-refractivity contribution in [1.29, 1.82) is 0 Å². The van der Waals surface area contributed by atoms with E-state index in [-0.39, 0.29) is 24.8 Å². The van der Waals surface area contributed by atoms with Crippen molar-refractivity contribution in [3.05, 3.63) is 24.2 Å². The predicted molar refractivity (Wildman–Crippen MR) is 72.1 cm³/mol. The molecule has 1 aromatic heterocycles. The van der Waals surface area contributed by atoms with Gasteiger partial charge in [0.2, 0.25) is 5.91 Å². The molecule has 0 atom stereocenters. The lowest BCUT2D eigenvalue weighted by molar-refractivity contribution is -0.122. The maximum Gasteiger partial charge on any atom is 0.293 e. The fourth-order valence-corrected chi connectivity index (χ4v) is 2.24. The maximum absolute atomic E-state index is 11.9. The van der Waals surface area contributed by atoms with Crippen LogP contribution in [0.1, 0.15) is 36.2 Å². The number of hydrogen-bond acceptors (Lipinski definition) is 5. The van der Waals surface area contributed by atoms with E-state index in [1.165, 1.54) is 18.8 Å². The van der Waals surface area contributed by atoms with Crippen LogP contribution < -0.4 is 5.32 Å². The highest BCUT2D eigenvalue weighted by Gasteiger charge is 2.26. The Hall–Kier alpha value is -1.66. The van der Waals surface area contributed by atoms with Crippen molar-refractivity contribution in [2.75, 3.05) is 19.7 Å². The molecule has 1 fully saturated rings. The zero-order valence-corrected chi connectivity index (χ0v) is 11.4. The zero-order chi connectivity index (χ0) is 14.4. The predicted octanol–water partition coefficient (Wildman–Crippen LogP) is 0.773. The van der Waals surface area contributed by atoms with Gasteiger partial charge in [-0.15, -0.1) is 0 Å². The molecule has 0 unspecified atom stereocenters. The van der Waals surface area contributed by atoms with Gasteiger partial charge >= 0.3 is 0 Å². The van der Waals surface area contributed by atoms with Gasteiger partial charge in [-0.1, -0.05) is 6.42 Å². The molecular formula is C14H20N2O4. The molecule has 1 aromatic rings. The fraction of sp³-hybridized carbons (Fsp3) is 0.571. The van der Waals surface area contributed by atoms with Gasteiger partial charge in [-0.2, -0.15) is 0 Å². The Kier molecular flexibility index (Phi) is 5.31. The summed E-state index contributed by atoms with van der Waals surface area (Å²) >= 11 is 0. The molecule has 6 nitrogen and oxygen atoms in total. The third-order valence-electron chi connectivity index (χ3n) is 3.54. The van der Waals surface area contributed by atoms with E-state index < -0.39 is 5.91 Å². The van der Waals surface area contributed by atoms with Crippen LogP contribution in [-0.4, -0.2) is 47.6 Å². The van der Waals surface area contributed by atoms with E-state index >= 15 is 0 Å². The Morgan fingerprint density at radius 3 is 2.80 bits per heavy atom. The quantitative estimate of drug-likeness (QED) is 0.771. The van der Waals surface area contributed by atoms with Crippen molar-refractivity contribution < 1.29 is 19.1 Å². The second-order valence-electron chi connectivity index (χ2n) is 4.99. The number of furan rings is 1. The molecule has 2 N–H and O–H groups in total. The first-order valence-corrected chi connectivity index (χ1v) is 6.93. The molecule has 20 heavy (non-hydrogen) atoms. The number of nitrogens with zero attached hydrogens (tertiary/aromatic N) is 1. The van der Waals surface area contributed by atoms with Crippen molar-refractivity contribution in [3.63, 3.8) is 0 Å². The second-order valence-corrected chi connectivity index (χ2v) is 4.99. The van der Waals surface area contributed by atoms with E-state index in [0.717, 1.165) is 12.8 Å². The first kappa shape index (κ1) is 14.7. The Bertz CT molecular complexity index is 440. The molecule has 0 saturated heterocycles. The number of rotatable bonds is 7. The van der Waals surface area contributed by atoms with E-state index in [9.17, 15) is 9.59 Å². The summed E-state index contributed by atoms with van der Waals surface area (Å²) in [5.41, 5.74) is 0. The van der Waals surface area contributed by atoms with Crippen LogP contribution in [-0.2, 0) is 4.79 Å². The summed E-state index contributed by atoms with van der Waals surface area (Å²) in [5.74, 6) is -0.726. The highest BCUT2D eigenvalue weighted by Crippen LogP contribution is 2.24. The monoisotopic (exact) mass is 280 g/mol. The van der Waals surface area contributed by atoms with Gasteiger partial charge in [0.15, 0.2) is 5.76 Å². The average Bonchev–Trinajstić information content (AvgIpc) is 2.87. The van der Waals surface area contributed by atoms with E-state index in [1.54, 1.807) is 6.07 Å². The smallest absolute Gasteiger partial charge is 0.293 e. The average molecular weight is 280 g/mol. The minimum atomic E-state index is -0.518. The van der Waals surface area contributed by atoms with Gasteiger partial charge in [0.05, 0.1) is 12.8 Å². The minimum absolute atomic E-state index is 0.107. The van der Waals surface area contributed by atoms with Gasteiger partial charge in [0, 0.05) is 19.2 Å². The number of carbonyl (C=O) groups is 2. The summed E-state index contributed by atoms with van der Waals surface area (Å²) in [6, 6.07) is 3.50. The standard InChI is InChI=1S/C14H20N2O4/c17-8-3-7-16(11-4-1-5-11)10-13(18)15-14(19)12-6-2-9-20-12/h2,6,9,11,17H,1,3-5,7-8,10H2,(H,15,18,19). The molecule has 110 valence electrons. The number of nitrogens with one attached hydrogen (secondary N) is 1. The van der Waals surface area contributed by atoms with Crippen molar-refractivity contribution >= 4 is 11.8 Å². The largest absolute Gasteiger partial charge is 0.459 e. The fourth-order valence-electron chi connectivity index (χ4n) is 2.24. The van der Waals surface area contributed by atoms with Crippen LogP contribution in [0, 0.1) is 0 Å². The summed E-state index contributed by atoms with van der Waals surface area (Å²) in [4.78, 5) is 25.6. The normalized spacial score (nSPS) is 15.1. The minimum Gasteiger partial charge on any atom is -0.459 e. The van der Waals surface area contributed by atoms with Crippen molar-refractivity contribution in [2.45, 2.75) is 31.7 Å². The van der Waals surface area contributed by atoms with Gasteiger partial charge < -0.3 is 9.52 Å². The molecule has 0 spiro atoms. The van der Waals surface area contributed by atoms with Crippen LogP contribution in [0.4, 0.5) is 0 Å². The summed E-state index contributed by atoms with van der Waals surface area (Å²) in [7, 11) is 0. The highest BCUT2D eigenvalue weighted by molar-refractivity contribution is 6.03. The van der Waals surface area contributed by atoms with Crippen molar-refractivity contribution in [3.8, 4) is 0 Å². The summed E-state index contributed by atoms with van der Waals surface area (Å²) < 4.78 is 4.93. The molecular weight excluding hydrogens is 260 g/mol. The van der Waals surface area contributed by atoms with E-state index in [1.807, 2.05) is 4.90 Å². The molecule has 1 heterocycles. The number of aliphatic hydroxyl groups excluding tert-OH is 1. The number of hydrogen-bond donors (Lipinski definition) is 2. The third-order valence-corrected chi connectivity index (χ3v) is 3.54. The summed E-state index contributed by atoms with van der Waals surface area (Å²) in [6.07, 6.45) is 5.35. The summed E-state index contributed by atoms with van der Waals surface area (Å²) in [6.45, 7) is 0.955. The van der Waals surface area contributed by atoms with Crippen LogP contribution in [0.5, 0.6) is 0 Å². The van der Waals surface area contributed by atoms with Crippen molar-refractivity contribution in [1.82, 2.24) is 10.2 Å². The van der Waals surface area contributed by atoms with Crippen molar-refractivity contribution in [2.24, 2.45) is 0 Å². The molecule has 0 bridgehead atoms. The second kappa shape index (κ2) is 7.21. The number of carbonyl (C=O) groups excluding carboxylic acids is 2. The number of amides is 2. The Balaban J connectivity index is 1.82. The van der Waals surface area contributed by atoms with Crippen LogP contribution in [0.15, 0.2) is 22.8 Å². The Labute approximate surface area is 117 Å². The zero-order valence-electron chi connectivity index (χ0n) is 11.4. The molecule has 6 heteroatoms. The van der Waals surface area contributed by atoms with Gasteiger partial charge in [0.25, 0.3) is 5.91 Å². The molecule has 0 aromatic carbocycles. The maximum atomic E-state index is 11.9. The Morgan fingerprint density at radius 1 is 1.45 bits per heavy atom. The van der Waals surface area contributed by atoms with Crippen LogP contribution in [0.3, 0.4) is 0 Å². The van der Waals surface area contributed by atoms with Gasteiger partial charge in [0.1, 0.15) is 0 Å². The molecule has 2 amide bonds. The number of imide groups is 1. The molecule has 2 rings (SSSR count). The van der Waals surface area contributed by atoms with E-state index in [4.69, 9.17) is 9.52 Å². The lowest BCUT2D eigenvalue weighted by atomic mass is 9.91. The third kappa shape index (κ3) is 3.91. The SMILES string of the molecule is O=C(CN(CCCO)C1CCC1)NC(=O)c1ccco1. The molecule has 0 aliphatic heterocycles. The van der Waals surface area contributed by atoms with Gasteiger partial charge in [-0.25, -0.2) is 0 Å². The first-order valence-electron chi connectivity index (χ1n) is 6.93. The molecule has 0 radical (unpaired) electrons. The van der Waals surface area contributed by atoms with E-state index in [0.29, 0.717) is 19.0 Å². The van der Waals surface area contributed by atoms with Crippen LogP contribution in [0.2, 0.25) is 0 Å². The number of aliphatic hydroxyl groups is 1. The molecule has 1 aliphatic rings.